The van der Waals surface area contributed by atoms with Gasteiger partial charge in [-0.15, -0.1) is 0 Å². The number of rotatable bonds is 4. The van der Waals surface area contributed by atoms with Gasteiger partial charge in [-0.25, -0.2) is 0 Å². The lowest BCUT2D eigenvalue weighted by Crippen LogP contribution is -2.10. The van der Waals surface area contributed by atoms with Crippen molar-refractivity contribution in [3.05, 3.63) is 126 Å². The molecule has 0 amide bonds. The molecule has 170 valence electrons. The molecule has 0 fully saturated rings. The minimum Gasteiger partial charge on any atom is -0.310 e. The summed E-state index contributed by atoms with van der Waals surface area (Å²) in [5.41, 5.74) is 7.41. The van der Waals surface area contributed by atoms with Gasteiger partial charge >= 0.3 is 0 Å². The minimum absolute atomic E-state index is 1.01. The van der Waals surface area contributed by atoms with Crippen molar-refractivity contribution in [2.75, 3.05) is 4.90 Å². The van der Waals surface area contributed by atoms with Crippen molar-refractivity contribution in [2.45, 2.75) is 18.3 Å². The van der Waals surface area contributed by atoms with Gasteiger partial charge in [-0.3, -0.25) is 0 Å². The van der Waals surface area contributed by atoms with E-state index in [0.29, 0.717) is 0 Å². The summed E-state index contributed by atoms with van der Waals surface area (Å²) in [7, 11) is 0. The Bertz CT molecular complexity index is 1630. The lowest BCUT2D eigenvalue weighted by molar-refractivity contribution is 1.30. The average molecular weight is 563 g/mol. The van der Waals surface area contributed by atoms with E-state index >= 15 is 0 Å². The summed E-state index contributed by atoms with van der Waals surface area (Å²) in [6.07, 6.45) is 0. The molecule has 0 radical (unpaired) electrons. The topological polar surface area (TPSA) is 3.24 Å². The minimum atomic E-state index is 1.01. The average Bonchev–Trinajstić information content (AvgIpc) is 2.88. The van der Waals surface area contributed by atoms with E-state index in [2.05, 4.69) is 151 Å². The quantitative estimate of drug-likeness (QED) is 0.152. The first kappa shape index (κ1) is 22.1. The Morgan fingerprint density at radius 2 is 0.857 bits per heavy atom. The van der Waals surface area contributed by atoms with Crippen LogP contribution in [0.5, 0.6) is 0 Å². The van der Waals surface area contributed by atoms with Gasteiger partial charge in [-0.1, -0.05) is 107 Å². The SMILES string of the molecule is Cc1ccc2ccc(N(c3ccc4ccc(C)cc4c3)c3ccc4ccc(CI)cc4c3)cc2c1. The monoisotopic (exact) mass is 563 g/mol. The van der Waals surface area contributed by atoms with Crippen LogP contribution in [0.1, 0.15) is 16.7 Å². The van der Waals surface area contributed by atoms with Crippen molar-refractivity contribution >= 4 is 72.0 Å². The number of benzene rings is 6. The smallest absolute Gasteiger partial charge is 0.0468 e. The van der Waals surface area contributed by atoms with Crippen molar-refractivity contribution in [1.29, 1.82) is 0 Å². The molecule has 0 aliphatic carbocycles. The predicted octanol–water partition coefficient (Wildman–Crippen LogP) is 10.2. The van der Waals surface area contributed by atoms with Gasteiger partial charge in [0.05, 0.1) is 0 Å². The zero-order valence-corrected chi connectivity index (χ0v) is 22.1. The van der Waals surface area contributed by atoms with Crippen molar-refractivity contribution in [1.82, 2.24) is 0 Å². The lowest BCUT2D eigenvalue weighted by atomic mass is 10.0. The summed E-state index contributed by atoms with van der Waals surface area (Å²) in [6, 6.07) is 40.5. The highest BCUT2D eigenvalue weighted by atomic mass is 127. The normalized spacial score (nSPS) is 11.4. The van der Waals surface area contributed by atoms with Gasteiger partial charge in [-0.2, -0.15) is 0 Å². The van der Waals surface area contributed by atoms with Gasteiger partial charge in [0.1, 0.15) is 0 Å². The molecule has 2 heteroatoms. The van der Waals surface area contributed by atoms with Gasteiger partial charge in [0.25, 0.3) is 0 Å². The lowest BCUT2D eigenvalue weighted by Gasteiger charge is -2.26. The van der Waals surface area contributed by atoms with Crippen LogP contribution in [0.4, 0.5) is 17.1 Å². The number of nitrogens with zero attached hydrogens (tertiary/aromatic N) is 1. The van der Waals surface area contributed by atoms with Crippen LogP contribution in [0.25, 0.3) is 32.3 Å². The summed E-state index contributed by atoms with van der Waals surface area (Å²) in [5, 5.41) is 7.59. The Morgan fingerprint density at radius 1 is 0.457 bits per heavy atom. The first-order valence-corrected chi connectivity index (χ1v) is 13.5. The number of hydrogen-bond donors (Lipinski definition) is 0. The molecule has 35 heavy (non-hydrogen) atoms. The van der Waals surface area contributed by atoms with Crippen LogP contribution in [0, 0.1) is 13.8 Å². The van der Waals surface area contributed by atoms with E-state index < -0.39 is 0 Å². The van der Waals surface area contributed by atoms with Crippen molar-refractivity contribution in [3.63, 3.8) is 0 Å². The molecule has 0 unspecified atom stereocenters. The number of halogens is 1. The van der Waals surface area contributed by atoms with E-state index in [9.17, 15) is 0 Å². The van der Waals surface area contributed by atoms with Crippen molar-refractivity contribution in [2.24, 2.45) is 0 Å². The van der Waals surface area contributed by atoms with Crippen LogP contribution in [-0.2, 0) is 4.43 Å². The third kappa shape index (κ3) is 4.28. The highest BCUT2D eigenvalue weighted by Gasteiger charge is 2.15. The maximum atomic E-state index is 2.44. The third-order valence-electron chi connectivity index (χ3n) is 6.78. The molecule has 0 aliphatic heterocycles. The number of aryl methyl sites for hydroxylation is 2. The molecule has 0 saturated heterocycles. The fourth-order valence-corrected chi connectivity index (χ4v) is 5.41. The van der Waals surface area contributed by atoms with Gasteiger partial charge < -0.3 is 4.90 Å². The van der Waals surface area contributed by atoms with Crippen LogP contribution in [0.15, 0.2) is 109 Å². The molecular formula is C33H26IN. The molecule has 0 aliphatic rings. The van der Waals surface area contributed by atoms with Crippen LogP contribution < -0.4 is 4.90 Å². The standard InChI is InChI=1S/C33H26IN/c1-22-3-6-25-9-12-31(18-28(25)15-22)35(32-13-10-26-7-4-23(2)16-29(26)19-32)33-14-11-27-8-5-24(21-34)17-30(27)20-33/h3-20H,21H2,1-2H3. The van der Waals surface area contributed by atoms with Gasteiger partial charge in [0.15, 0.2) is 0 Å². The Kier molecular flexibility index (Phi) is 5.69. The number of anilines is 3. The molecule has 1 nitrogen and oxygen atoms in total. The van der Waals surface area contributed by atoms with E-state index in [1.807, 2.05) is 0 Å². The number of fused-ring (bicyclic) bond motifs is 3. The van der Waals surface area contributed by atoms with Crippen LogP contribution in [0.2, 0.25) is 0 Å². The summed E-state index contributed by atoms with van der Waals surface area (Å²) in [4.78, 5) is 2.39. The van der Waals surface area contributed by atoms with Crippen LogP contribution in [-0.4, -0.2) is 0 Å². The van der Waals surface area contributed by atoms with E-state index in [1.165, 1.54) is 66.1 Å². The maximum Gasteiger partial charge on any atom is 0.0468 e. The molecule has 0 N–H and O–H groups in total. The molecule has 6 aromatic rings. The van der Waals surface area contributed by atoms with E-state index in [4.69, 9.17) is 0 Å². The highest BCUT2D eigenvalue weighted by molar-refractivity contribution is 14.1. The zero-order valence-electron chi connectivity index (χ0n) is 19.9. The predicted molar refractivity (Wildman–Crippen MR) is 161 cm³/mol. The maximum absolute atomic E-state index is 2.44. The van der Waals surface area contributed by atoms with Crippen LogP contribution in [0.3, 0.4) is 0 Å². The van der Waals surface area contributed by atoms with E-state index in [1.54, 1.807) is 0 Å². The first-order chi connectivity index (χ1) is 17.1. The molecule has 0 heterocycles. The first-order valence-electron chi connectivity index (χ1n) is 12.0. The summed E-state index contributed by atoms with van der Waals surface area (Å²) >= 11 is 2.44. The van der Waals surface area contributed by atoms with Gasteiger partial charge in [0, 0.05) is 21.5 Å². The zero-order chi connectivity index (χ0) is 23.9. The molecule has 0 atom stereocenters. The molecule has 0 aromatic heterocycles. The Balaban J connectivity index is 1.58. The Hall–Kier alpha value is -3.37. The molecule has 6 rings (SSSR count). The fraction of sp³-hybridized carbons (Fsp3) is 0.0909. The Labute approximate surface area is 220 Å². The molecule has 6 aromatic carbocycles. The van der Waals surface area contributed by atoms with Crippen LogP contribution >= 0.6 is 22.6 Å². The van der Waals surface area contributed by atoms with Gasteiger partial charge in [0.2, 0.25) is 0 Å². The largest absolute Gasteiger partial charge is 0.310 e. The summed E-state index contributed by atoms with van der Waals surface area (Å²) < 4.78 is 1.01. The second-order valence-electron chi connectivity index (χ2n) is 9.40. The fourth-order valence-electron chi connectivity index (χ4n) is 4.94. The number of alkyl halides is 1. The third-order valence-corrected chi connectivity index (χ3v) is 7.66. The van der Waals surface area contributed by atoms with E-state index in [-0.39, 0.29) is 0 Å². The van der Waals surface area contributed by atoms with Crippen molar-refractivity contribution < 1.29 is 0 Å². The molecule has 0 bridgehead atoms. The molecule has 0 spiro atoms. The summed E-state index contributed by atoms with van der Waals surface area (Å²) in [6.45, 7) is 4.31. The van der Waals surface area contributed by atoms with Gasteiger partial charge in [-0.05, 0) is 88.1 Å². The van der Waals surface area contributed by atoms with Crippen molar-refractivity contribution in [3.8, 4) is 0 Å². The Morgan fingerprint density at radius 3 is 1.31 bits per heavy atom. The molecular weight excluding hydrogens is 537 g/mol. The van der Waals surface area contributed by atoms with E-state index in [0.717, 1.165) is 4.43 Å². The number of hydrogen-bond acceptors (Lipinski definition) is 1. The second kappa shape index (κ2) is 9.01. The summed E-state index contributed by atoms with van der Waals surface area (Å²) in [5.74, 6) is 0. The second-order valence-corrected chi connectivity index (χ2v) is 10.2. The molecule has 0 saturated carbocycles. The highest BCUT2D eigenvalue weighted by Crippen LogP contribution is 2.39.